The van der Waals surface area contributed by atoms with E-state index in [0.29, 0.717) is 16.9 Å². The topological polar surface area (TPSA) is 77.5 Å². The van der Waals surface area contributed by atoms with Gasteiger partial charge in [-0.05, 0) is 30.2 Å². The molecule has 0 amide bonds. The van der Waals surface area contributed by atoms with Crippen molar-refractivity contribution >= 4 is 19.7 Å². The molecular formula is C18H22O5S2. The Bertz CT molecular complexity index is 912. The Morgan fingerprint density at radius 2 is 1.48 bits per heavy atom. The Labute approximate surface area is 149 Å². The molecule has 0 aliphatic rings. The minimum atomic E-state index is -3.71. The highest BCUT2D eigenvalue weighted by Crippen LogP contribution is 2.29. The van der Waals surface area contributed by atoms with Gasteiger partial charge in [-0.1, -0.05) is 42.0 Å². The second-order valence-electron chi connectivity index (χ2n) is 6.15. The fourth-order valence-corrected chi connectivity index (χ4v) is 6.26. The molecule has 0 aliphatic heterocycles. The van der Waals surface area contributed by atoms with Crippen molar-refractivity contribution < 1.29 is 21.6 Å². The van der Waals surface area contributed by atoms with Gasteiger partial charge < -0.3 is 4.74 Å². The second-order valence-corrected chi connectivity index (χ2v) is 10.5. The molecule has 0 aliphatic carbocycles. The van der Waals surface area contributed by atoms with Gasteiger partial charge in [0.15, 0.2) is 9.84 Å². The van der Waals surface area contributed by atoms with Crippen molar-refractivity contribution in [1.29, 1.82) is 0 Å². The molecule has 1 atom stereocenters. The van der Waals surface area contributed by atoms with Crippen LogP contribution in [0, 0.1) is 6.92 Å². The molecule has 0 saturated heterocycles. The van der Waals surface area contributed by atoms with Crippen LogP contribution in [0.15, 0.2) is 48.5 Å². The number of sulfone groups is 2. The van der Waals surface area contributed by atoms with E-state index in [1.54, 1.807) is 36.4 Å². The molecule has 1 unspecified atom stereocenters. The maximum absolute atomic E-state index is 12.9. The Hall–Kier alpha value is -1.86. The summed E-state index contributed by atoms with van der Waals surface area (Å²) in [5.41, 5.74) is 2.11. The number of aryl methyl sites for hydroxylation is 1. The van der Waals surface area contributed by atoms with Crippen molar-refractivity contribution in [2.45, 2.75) is 17.9 Å². The van der Waals surface area contributed by atoms with E-state index < -0.39 is 30.7 Å². The van der Waals surface area contributed by atoms with E-state index in [-0.39, 0.29) is 5.75 Å². The van der Waals surface area contributed by atoms with E-state index in [1.807, 2.05) is 19.1 Å². The quantitative estimate of drug-likeness (QED) is 0.736. The minimum absolute atomic E-state index is 0.209. The third kappa shape index (κ3) is 5.57. The lowest BCUT2D eigenvalue weighted by Crippen LogP contribution is -2.23. The molecule has 0 saturated carbocycles. The molecule has 0 spiro atoms. The lowest BCUT2D eigenvalue weighted by molar-refractivity contribution is 0.414. The number of hydrogen-bond donors (Lipinski definition) is 0. The Kier molecular flexibility index (Phi) is 5.90. The molecule has 0 heterocycles. The molecule has 0 N–H and O–H groups in total. The standard InChI is InChI=1S/C18H22O5S2/c1-14-4-6-15(7-5-14)12-25(21,22)18(13-24(3,19)20)16-8-10-17(23-2)11-9-16/h4-11,18H,12-13H2,1-3H3. The molecule has 7 heteroatoms. The van der Waals surface area contributed by atoms with E-state index in [9.17, 15) is 16.8 Å². The van der Waals surface area contributed by atoms with E-state index >= 15 is 0 Å². The smallest absolute Gasteiger partial charge is 0.162 e. The normalized spacial score (nSPS) is 13.4. The average molecular weight is 383 g/mol. The third-order valence-electron chi connectivity index (χ3n) is 3.86. The van der Waals surface area contributed by atoms with Gasteiger partial charge in [0.05, 0.1) is 18.6 Å². The summed E-state index contributed by atoms with van der Waals surface area (Å²) in [5, 5.41) is -1.12. The minimum Gasteiger partial charge on any atom is -0.497 e. The summed E-state index contributed by atoms with van der Waals surface area (Å²) in [6.07, 6.45) is 1.05. The predicted octanol–water partition coefficient (Wildman–Crippen LogP) is 2.70. The maximum Gasteiger partial charge on any atom is 0.162 e. The summed E-state index contributed by atoms with van der Waals surface area (Å²) in [5.74, 6) is -0.0784. The van der Waals surface area contributed by atoms with Crippen molar-refractivity contribution in [3.63, 3.8) is 0 Å². The van der Waals surface area contributed by atoms with E-state index in [4.69, 9.17) is 4.74 Å². The van der Waals surface area contributed by atoms with Gasteiger partial charge >= 0.3 is 0 Å². The Balaban J connectivity index is 2.40. The van der Waals surface area contributed by atoms with Gasteiger partial charge in [-0.15, -0.1) is 0 Å². The lowest BCUT2D eigenvalue weighted by Gasteiger charge is -2.18. The zero-order chi connectivity index (χ0) is 18.7. The first-order valence-corrected chi connectivity index (χ1v) is 11.5. The van der Waals surface area contributed by atoms with Gasteiger partial charge in [-0.2, -0.15) is 0 Å². The summed E-state index contributed by atoms with van der Waals surface area (Å²) in [6.45, 7) is 1.92. The molecule has 136 valence electrons. The molecule has 2 aromatic rings. The highest BCUT2D eigenvalue weighted by Gasteiger charge is 2.31. The summed E-state index contributed by atoms with van der Waals surface area (Å²) < 4.78 is 54.5. The van der Waals surface area contributed by atoms with E-state index in [2.05, 4.69) is 0 Å². The first kappa shape index (κ1) is 19.5. The monoisotopic (exact) mass is 382 g/mol. The van der Waals surface area contributed by atoms with Gasteiger partial charge in [-0.3, -0.25) is 0 Å². The van der Waals surface area contributed by atoms with Gasteiger partial charge in [-0.25, -0.2) is 16.8 Å². The molecule has 25 heavy (non-hydrogen) atoms. The fourth-order valence-electron chi connectivity index (χ4n) is 2.52. The molecule has 0 fully saturated rings. The van der Waals surface area contributed by atoms with Crippen molar-refractivity contribution in [2.75, 3.05) is 19.1 Å². The van der Waals surface area contributed by atoms with E-state index in [1.165, 1.54) is 7.11 Å². The van der Waals surface area contributed by atoms with Gasteiger partial charge in [0, 0.05) is 6.26 Å². The van der Waals surface area contributed by atoms with Crippen LogP contribution in [0.5, 0.6) is 5.75 Å². The van der Waals surface area contributed by atoms with E-state index in [0.717, 1.165) is 11.8 Å². The first-order valence-electron chi connectivity index (χ1n) is 7.69. The Morgan fingerprint density at radius 3 is 1.96 bits per heavy atom. The maximum atomic E-state index is 12.9. The molecule has 5 nitrogen and oxygen atoms in total. The SMILES string of the molecule is COc1ccc(C(CS(C)(=O)=O)S(=O)(=O)Cc2ccc(C)cc2)cc1. The number of ether oxygens (including phenoxy) is 1. The van der Waals surface area contributed by atoms with Gasteiger partial charge in [0.1, 0.15) is 20.8 Å². The number of benzene rings is 2. The lowest BCUT2D eigenvalue weighted by atomic mass is 10.1. The number of hydrogen-bond acceptors (Lipinski definition) is 5. The van der Waals surface area contributed by atoms with Crippen molar-refractivity contribution in [2.24, 2.45) is 0 Å². The van der Waals surface area contributed by atoms with Crippen molar-refractivity contribution in [3.05, 3.63) is 65.2 Å². The first-order chi connectivity index (χ1) is 11.6. The largest absolute Gasteiger partial charge is 0.497 e. The number of rotatable bonds is 7. The average Bonchev–Trinajstić information content (AvgIpc) is 2.54. The summed E-state index contributed by atoms with van der Waals surface area (Å²) >= 11 is 0. The molecule has 0 radical (unpaired) electrons. The van der Waals surface area contributed by atoms with Crippen molar-refractivity contribution in [3.8, 4) is 5.75 Å². The summed E-state index contributed by atoms with van der Waals surface area (Å²) in [7, 11) is -5.68. The summed E-state index contributed by atoms with van der Waals surface area (Å²) in [4.78, 5) is 0. The van der Waals surface area contributed by atoms with Crippen LogP contribution in [0.3, 0.4) is 0 Å². The van der Waals surface area contributed by atoms with Crippen LogP contribution in [0.4, 0.5) is 0 Å². The van der Waals surface area contributed by atoms with Gasteiger partial charge in [0.25, 0.3) is 0 Å². The van der Waals surface area contributed by atoms with Crippen LogP contribution in [0.2, 0.25) is 0 Å². The zero-order valence-electron chi connectivity index (χ0n) is 14.5. The van der Waals surface area contributed by atoms with Crippen molar-refractivity contribution in [1.82, 2.24) is 0 Å². The van der Waals surface area contributed by atoms with Crippen LogP contribution >= 0.6 is 0 Å². The summed E-state index contributed by atoms with van der Waals surface area (Å²) in [6, 6.07) is 13.6. The zero-order valence-corrected chi connectivity index (χ0v) is 16.1. The molecule has 2 aromatic carbocycles. The molecule has 2 rings (SSSR count). The highest BCUT2D eigenvalue weighted by atomic mass is 32.2. The molecule has 0 aromatic heterocycles. The molecule has 0 bridgehead atoms. The van der Waals surface area contributed by atoms with Crippen LogP contribution in [-0.4, -0.2) is 36.0 Å². The van der Waals surface area contributed by atoms with Crippen LogP contribution in [0.1, 0.15) is 21.9 Å². The number of methoxy groups -OCH3 is 1. The molecular weight excluding hydrogens is 360 g/mol. The highest BCUT2D eigenvalue weighted by molar-refractivity contribution is 7.94. The Morgan fingerprint density at radius 1 is 0.920 bits per heavy atom. The predicted molar refractivity (Wildman–Crippen MR) is 99.2 cm³/mol. The fraction of sp³-hybridized carbons (Fsp3) is 0.333. The van der Waals surface area contributed by atoms with Crippen LogP contribution in [-0.2, 0) is 25.4 Å². The third-order valence-corrected chi connectivity index (χ3v) is 7.06. The van der Waals surface area contributed by atoms with Gasteiger partial charge in [0.2, 0.25) is 0 Å². The second kappa shape index (κ2) is 7.58. The van der Waals surface area contributed by atoms with Crippen LogP contribution < -0.4 is 4.74 Å². The van der Waals surface area contributed by atoms with Crippen LogP contribution in [0.25, 0.3) is 0 Å².